The van der Waals surface area contributed by atoms with Crippen molar-refractivity contribution in [2.75, 3.05) is 19.5 Å². The number of ether oxygens (including phenoxy) is 2. The van der Waals surface area contributed by atoms with Crippen molar-refractivity contribution in [2.45, 2.75) is 31.5 Å². The van der Waals surface area contributed by atoms with E-state index in [9.17, 15) is 13.2 Å². The van der Waals surface area contributed by atoms with E-state index in [-0.39, 0.29) is 29.9 Å². The van der Waals surface area contributed by atoms with Gasteiger partial charge in [-0.3, -0.25) is 4.79 Å². The van der Waals surface area contributed by atoms with E-state index < -0.39 is 16.1 Å². The summed E-state index contributed by atoms with van der Waals surface area (Å²) in [6.07, 6.45) is 3.26. The van der Waals surface area contributed by atoms with Crippen LogP contribution < -0.4 is 14.8 Å². The Balaban J connectivity index is 1.75. The van der Waals surface area contributed by atoms with Crippen LogP contribution in [0.2, 0.25) is 0 Å². The predicted molar refractivity (Wildman–Crippen MR) is 86.3 cm³/mol. The summed E-state index contributed by atoms with van der Waals surface area (Å²) in [6.45, 7) is 2.78. The lowest BCUT2D eigenvalue weighted by Crippen LogP contribution is -2.70. The molecular weight excluding hydrogens is 334 g/mol. The molecule has 1 aliphatic carbocycles. The van der Waals surface area contributed by atoms with Crippen LogP contribution in [0.4, 0.5) is 0 Å². The van der Waals surface area contributed by atoms with Crippen LogP contribution in [0.15, 0.2) is 18.3 Å². The second-order valence-corrected chi connectivity index (χ2v) is 7.77. The first-order valence-electron chi connectivity index (χ1n) is 7.88. The fourth-order valence-corrected chi connectivity index (χ4v) is 4.11. The molecule has 4 atom stereocenters. The Labute approximate surface area is 141 Å². The standard InChI is InChI=1S/C15H21N3O5S/c1-3-22-15-10(5-4-7-16-15)14(19)17-11-9-6-8-23-13(9)12(11)18-24(2,20)21/h4-5,7,9,11-13,18H,3,6,8H2,1-2H3,(H,17,19)/t9-,11+,12-,13-/m1/s1. The van der Waals surface area contributed by atoms with E-state index in [1.165, 1.54) is 0 Å². The zero-order valence-electron chi connectivity index (χ0n) is 13.6. The molecule has 0 unspecified atom stereocenters. The Kier molecular flexibility index (Phi) is 4.75. The van der Waals surface area contributed by atoms with Crippen LogP contribution in [0.3, 0.4) is 0 Å². The smallest absolute Gasteiger partial charge is 0.257 e. The lowest BCUT2D eigenvalue weighted by atomic mass is 9.72. The van der Waals surface area contributed by atoms with E-state index in [2.05, 4.69) is 15.0 Å². The Bertz CT molecular complexity index is 724. The molecule has 0 radical (unpaired) electrons. The van der Waals surface area contributed by atoms with Crippen molar-refractivity contribution in [1.29, 1.82) is 0 Å². The minimum absolute atomic E-state index is 0.111. The first-order valence-corrected chi connectivity index (χ1v) is 9.77. The number of fused-ring (bicyclic) bond motifs is 1. The van der Waals surface area contributed by atoms with E-state index in [1.54, 1.807) is 18.3 Å². The van der Waals surface area contributed by atoms with Crippen molar-refractivity contribution >= 4 is 15.9 Å². The van der Waals surface area contributed by atoms with Crippen LogP contribution in [0, 0.1) is 5.92 Å². The fraction of sp³-hybridized carbons (Fsp3) is 0.600. The number of aromatic nitrogens is 1. The first-order chi connectivity index (χ1) is 11.4. The summed E-state index contributed by atoms with van der Waals surface area (Å²) in [7, 11) is -3.39. The lowest BCUT2D eigenvalue weighted by molar-refractivity contribution is -0.0194. The maximum absolute atomic E-state index is 12.6. The second-order valence-electron chi connectivity index (χ2n) is 5.99. The van der Waals surface area contributed by atoms with Gasteiger partial charge in [0.25, 0.3) is 5.91 Å². The molecule has 132 valence electrons. The number of hydrogen-bond donors (Lipinski definition) is 2. The fourth-order valence-electron chi connectivity index (χ4n) is 3.34. The lowest BCUT2D eigenvalue weighted by Gasteiger charge is -2.47. The molecule has 8 nitrogen and oxygen atoms in total. The number of sulfonamides is 1. The molecule has 2 heterocycles. The summed E-state index contributed by atoms with van der Waals surface area (Å²) >= 11 is 0. The van der Waals surface area contributed by atoms with Gasteiger partial charge in [-0.1, -0.05) is 0 Å². The third-order valence-corrected chi connectivity index (χ3v) is 5.03. The van der Waals surface area contributed by atoms with Gasteiger partial charge in [0.1, 0.15) is 5.56 Å². The Morgan fingerprint density at radius 3 is 2.96 bits per heavy atom. The normalized spacial score (nSPS) is 28.8. The molecule has 0 aromatic carbocycles. The summed E-state index contributed by atoms with van der Waals surface area (Å²) in [5.41, 5.74) is 0.333. The highest BCUT2D eigenvalue weighted by molar-refractivity contribution is 7.88. The van der Waals surface area contributed by atoms with Gasteiger partial charge in [-0.15, -0.1) is 0 Å². The molecule has 2 aliphatic rings. The summed E-state index contributed by atoms with van der Waals surface area (Å²) < 4.78 is 36.6. The highest BCUT2D eigenvalue weighted by Gasteiger charge is 2.55. The number of hydrogen-bond acceptors (Lipinski definition) is 6. The number of rotatable bonds is 6. The summed E-state index contributed by atoms with van der Waals surface area (Å²) in [5.74, 6) is 0.0475. The third-order valence-electron chi connectivity index (χ3n) is 4.33. The molecule has 9 heteroatoms. The Morgan fingerprint density at radius 1 is 1.46 bits per heavy atom. The third kappa shape index (κ3) is 3.38. The number of nitrogens with zero attached hydrogens (tertiary/aromatic N) is 1. The van der Waals surface area contributed by atoms with Gasteiger partial charge in [-0.25, -0.2) is 18.1 Å². The van der Waals surface area contributed by atoms with Crippen LogP contribution in [-0.4, -0.2) is 57.0 Å². The van der Waals surface area contributed by atoms with Crippen molar-refractivity contribution in [3.8, 4) is 5.88 Å². The van der Waals surface area contributed by atoms with Crippen LogP contribution in [0.25, 0.3) is 0 Å². The van der Waals surface area contributed by atoms with Gasteiger partial charge in [-0.2, -0.15) is 0 Å². The SMILES string of the molecule is CCOc1ncccc1C(=O)N[C@H]1[C@H]2CCO[C@H]2[C@@H]1NS(C)(=O)=O. The maximum atomic E-state index is 12.6. The van der Waals surface area contributed by atoms with E-state index in [4.69, 9.17) is 9.47 Å². The predicted octanol–water partition coefficient (Wildman–Crippen LogP) is -0.0848. The van der Waals surface area contributed by atoms with Crippen LogP contribution >= 0.6 is 0 Å². The van der Waals surface area contributed by atoms with Crippen molar-refractivity contribution in [3.05, 3.63) is 23.9 Å². The number of pyridine rings is 1. The van der Waals surface area contributed by atoms with Crippen LogP contribution in [-0.2, 0) is 14.8 Å². The second kappa shape index (κ2) is 6.66. The van der Waals surface area contributed by atoms with E-state index in [0.29, 0.717) is 18.8 Å². The zero-order valence-corrected chi connectivity index (χ0v) is 14.4. The van der Waals surface area contributed by atoms with Crippen molar-refractivity contribution in [1.82, 2.24) is 15.0 Å². The molecule has 24 heavy (non-hydrogen) atoms. The first kappa shape index (κ1) is 17.1. The molecule has 0 spiro atoms. The van der Waals surface area contributed by atoms with Crippen LogP contribution in [0.1, 0.15) is 23.7 Å². The van der Waals surface area contributed by atoms with Crippen molar-refractivity contribution < 1.29 is 22.7 Å². The minimum Gasteiger partial charge on any atom is -0.477 e. The van der Waals surface area contributed by atoms with Gasteiger partial charge in [0.05, 0.1) is 31.1 Å². The molecule has 2 N–H and O–H groups in total. The monoisotopic (exact) mass is 355 g/mol. The zero-order chi connectivity index (χ0) is 17.3. The average Bonchev–Trinajstić information content (AvgIpc) is 2.95. The van der Waals surface area contributed by atoms with Crippen molar-refractivity contribution in [2.24, 2.45) is 5.92 Å². The molecule has 1 aromatic rings. The molecule has 3 rings (SSSR count). The highest BCUT2D eigenvalue weighted by Crippen LogP contribution is 2.39. The van der Waals surface area contributed by atoms with Gasteiger partial charge in [0, 0.05) is 18.7 Å². The molecule has 1 saturated heterocycles. The van der Waals surface area contributed by atoms with Gasteiger partial charge in [0.15, 0.2) is 0 Å². The minimum atomic E-state index is -3.39. The quantitative estimate of drug-likeness (QED) is 0.739. The van der Waals surface area contributed by atoms with E-state index in [0.717, 1.165) is 12.7 Å². The molecular formula is C15H21N3O5S. The maximum Gasteiger partial charge on any atom is 0.257 e. The molecule has 1 saturated carbocycles. The average molecular weight is 355 g/mol. The Hall–Kier alpha value is -1.71. The van der Waals surface area contributed by atoms with Gasteiger partial charge in [0.2, 0.25) is 15.9 Å². The number of carbonyl (C=O) groups excluding carboxylic acids is 1. The molecule has 1 amide bonds. The largest absolute Gasteiger partial charge is 0.477 e. The number of amides is 1. The molecule has 1 aromatic heterocycles. The van der Waals surface area contributed by atoms with E-state index >= 15 is 0 Å². The Morgan fingerprint density at radius 2 is 2.25 bits per heavy atom. The molecule has 1 aliphatic heterocycles. The summed E-state index contributed by atoms with van der Waals surface area (Å²) in [4.78, 5) is 16.7. The number of carbonyl (C=O) groups is 1. The highest BCUT2D eigenvalue weighted by atomic mass is 32.2. The topological polar surface area (TPSA) is 107 Å². The molecule has 2 fully saturated rings. The summed E-state index contributed by atoms with van der Waals surface area (Å²) in [6, 6.07) is 2.53. The molecule has 0 bridgehead atoms. The van der Waals surface area contributed by atoms with Gasteiger partial charge in [-0.05, 0) is 25.5 Å². The summed E-state index contributed by atoms with van der Waals surface area (Å²) in [5, 5.41) is 2.91. The van der Waals surface area contributed by atoms with Crippen LogP contribution in [0.5, 0.6) is 5.88 Å². The van der Waals surface area contributed by atoms with Gasteiger partial charge >= 0.3 is 0 Å². The van der Waals surface area contributed by atoms with E-state index in [1.807, 2.05) is 6.92 Å². The van der Waals surface area contributed by atoms with Crippen molar-refractivity contribution in [3.63, 3.8) is 0 Å². The van der Waals surface area contributed by atoms with Gasteiger partial charge < -0.3 is 14.8 Å². The number of nitrogens with one attached hydrogen (secondary N) is 2.